The summed E-state index contributed by atoms with van der Waals surface area (Å²) >= 11 is 0. The lowest BCUT2D eigenvalue weighted by atomic mass is 9.84. The molecule has 5 nitrogen and oxygen atoms in total. The van der Waals surface area contributed by atoms with Gasteiger partial charge in [0.25, 0.3) is 0 Å². The molecule has 1 atom stereocenters. The Morgan fingerprint density at radius 2 is 2.08 bits per heavy atom. The third kappa shape index (κ3) is 4.12. The highest BCUT2D eigenvalue weighted by molar-refractivity contribution is 5.50. The maximum Gasteiger partial charge on any atom is 0.134 e. The summed E-state index contributed by atoms with van der Waals surface area (Å²) in [7, 11) is 0. The van der Waals surface area contributed by atoms with Crippen molar-refractivity contribution in [2.45, 2.75) is 44.6 Å². The Hall–Kier alpha value is -2.21. The fourth-order valence-corrected chi connectivity index (χ4v) is 3.51. The predicted octanol–water partition coefficient (Wildman–Crippen LogP) is 3.36. The van der Waals surface area contributed by atoms with E-state index in [0.717, 1.165) is 31.6 Å². The molecule has 1 saturated heterocycles. The van der Waals surface area contributed by atoms with Gasteiger partial charge in [-0.05, 0) is 30.9 Å². The van der Waals surface area contributed by atoms with E-state index in [1.54, 1.807) is 6.07 Å². The van der Waals surface area contributed by atoms with Crippen molar-refractivity contribution in [3.05, 3.63) is 48.0 Å². The molecule has 0 amide bonds. The minimum atomic E-state index is -0.380. The smallest absolute Gasteiger partial charge is 0.134 e. The van der Waals surface area contributed by atoms with Gasteiger partial charge in [-0.15, -0.1) is 0 Å². The summed E-state index contributed by atoms with van der Waals surface area (Å²) in [5.74, 6) is 1.34. The van der Waals surface area contributed by atoms with Crippen molar-refractivity contribution in [2.75, 3.05) is 29.9 Å². The van der Waals surface area contributed by atoms with Crippen molar-refractivity contribution in [3.8, 4) is 0 Å². The zero-order chi connectivity index (χ0) is 18.6. The topological polar surface area (TPSA) is 61.3 Å². The molecule has 1 aliphatic rings. The third-order valence-electron chi connectivity index (χ3n) is 5.10. The van der Waals surface area contributed by atoms with Gasteiger partial charge in [0.1, 0.15) is 23.8 Å². The number of hydrogen-bond donors (Lipinski definition) is 2. The Bertz CT molecular complexity index is 737. The van der Waals surface area contributed by atoms with Crippen molar-refractivity contribution in [1.82, 2.24) is 9.97 Å². The number of piperidine rings is 1. The molecule has 0 bridgehead atoms. The predicted molar refractivity (Wildman–Crippen MR) is 102 cm³/mol. The number of nitrogens with zero attached hydrogens (tertiary/aromatic N) is 3. The van der Waals surface area contributed by atoms with E-state index in [9.17, 15) is 9.50 Å². The lowest BCUT2D eigenvalue weighted by Gasteiger charge is -2.35. The maximum atomic E-state index is 14.1. The molecule has 3 rings (SSSR count). The second-order valence-corrected chi connectivity index (χ2v) is 7.50. The van der Waals surface area contributed by atoms with Crippen LogP contribution in [-0.4, -0.2) is 40.8 Å². The molecule has 0 spiro atoms. The van der Waals surface area contributed by atoms with Crippen LogP contribution in [0.15, 0.2) is 36.7 Å². The number of aliphatic hydroxyl groups excluding tert-OH is 1. The lowest BCUT2D eigenvalue weighted by Crippen LogP contribution is -2.42. The van der Waals surface area contributed by atoms with Crippen LogP contribution in [0.5, 0.6) is 0 Å². The van der Waals surface area contributed by atoms with E-state index in [0.29, 0.717) is 17.9 Å². The number of halogens is 1. The molecule has 0 radical (unpaired) electrons. The van der Waals surface area contributed by atoms with E-state index in [-0.39, 0.29) is 23.9 Å². The highest BCUT2D eigenvalue weighted by Crippen LogP contribution is 2.27. The summed E-state index contributed by atoms with van der Waals surface area (Å²) in [5.41, 5.74) is 0.299. The van der Waals surface area contributed by atoms with Gasteiger partial charge in [0.05, 0.1) is 12.6 Å². The summed E-state index contributed by atoms with van der Waals surface area (Å²) in [6.45, 7) is 5.59. The minimum absolute atomic E-state index is 0.112. The Morgan fingerprint density at radius 1 is 1.27 bits per heavy atom. The van der Waals surface area contributed by atoms with Crippen molar-refractivity contribution in [1.29, 1.82) is 0 Å². The second kappa shape index (κ2) is 7.99. The van der Waals surface area contributed by atoms with Gasteiger partial charge in [-0.3, -0.25) is 0 Å². The Labute approximate surface area is 154 Å². The number of rotatable bonds is 6. The molecule has 2 N–H and O–H groups in total. The van der Waals surface area contributed by atoms with Crippen LogP contribution in [0.1, 0.15) is 38.7 Å². The second-order valence-electron chi connectivity index (χ2n) is 7.50. The fourth-order valence-electron chi connectivity index (χ4n) is 3.51. The van der Waals surface area contributed by atoms with Crippen LogP contribution in [0.3, 0.4) is 0 Å². The summed E-state index contributed by atoms with van der Waals surface area (Å²) in [6.07, 6.45) is 4.75. The monoisotopic (exact) mass is 358 g/mol. The van der Waals surface area contributed by atoms with E-state index in [2.05, 4.69) is 20.2 Å². The van der Waals surface area contributed by atoms with Gasteiger partial charge in [-0.25, -0.2) is 14.4 Å². The van der Waals surface area contributed by atoms with Crippen molar-refractivity contribution in [3.63, 3.8) is 0 Å². The number of nitrogens with one attached hydrogen (secondary N) is 1. The molecular formula is C20H27FN4O. The number of aromatic nitrogens is 2. The first-order chi connectivity index (χ1) is 12.5. The van der Waals surface area contributed by atoms with Crippen LogP contribution in [0.2, 0.25) is 0 Å². The summed E-state index contributed by atoms with van der Waals surface area (Å²) in [4.78, 5) is 10.8. The molecule has 140 valence electrons. The molecule has 0 saturated carbocycles. The van der Waals surface area contributed by atoms with Crippen LogP contribution in [0.25, 0.3) is 0 Å². The molecule has 1 aliphatic heterocycles. The summed E-state index contributed by atoms with van der Waals surface area (Å²) in [6, 6.07) is 8.89. The first-order valence-corrected chi connectivity index (χ1v) is 9.20. The first kappa shape index (κ1) is 18.6. The number of benzene rings is 1. The quantitative estimate of drug-likeness (QED) is 0.829. The van der Waals surface area contributed by atoms with Gasteiger partial charge >= 0.3 is 0 Å². The van der Waals surface area contributed by atoms with Crippen molar-refractivity contribution in [2.24, 2.45) is 0 Å². The molecule has 1 aromatic heterocycles. The highest BCUT2D eigenvalue weighted by Gasteiger charge is 2.25. The van der Waals surface area contributed by atoms with Gasteiger partial charge < -0.3 is 15.3 Å². The van der Waals surface area contributed by atoms with Crippen LogP contribution in [0.4, 0.5) is 16.0 Å². The van der Waals surface area contributed by atoms with Crippen molar-refractivity contribution < 1.29 is 9.50 Å². The normalized spacial score (nSPS) is 18.0. The molecule has 2 heterocycles. The fraction of sp³-hybridized carbons (Fsp3) is 0.500. The van der Waals surface area contributed by atoms with Crippen LogP contribution in [-0.2, 0) is 5.41 Å². The molecule has 1 unspecified atom stereocenters. The summed E-state index contributed by atoms with van der Waals surface area (Å²) in [5, 5.41) is 12.9. The number of anilines is 2. The zero-order valence-corrected chi connectivity index (χ0v) is 15.5. The Kier molecular flexibility index (Phi) is 5.71. The third-order valence-corrected chi connectivity index (χ3v) is 5.10. The molecular weight excluding hydrogens is 331 g/mol. The van der Waals surface area contributed by atoms with Gasteiger partial charge in [-0.2, -0.15) is 0 Å². The van der Waals surface area contributed by atoms with Gasteiger partial charge in [0.15, 0.2) is 0 Å². The molecule has 2 aromatic rings. The van der Waals surface area contributed by atoms with E-state index in [1.165, 1.54) is 12.4 Å². The molecule has 26 heavy (non-hydrogen) atoms. The van der Waals surface area contributed by atoms with E-state index in [1.807, 2.05) is 32.0 Å². The average molecular weight is 358 g/mol. The van der Waals surface area contributed by atoms with Gasteiger partial charge in [0.2, 0.25) is 0 Å². The van der Waals surface area contributed by atoms with Crippen LogP contribution in [0, 0.1) is 5.82 Å². The molecule has 1 aromatic carbocycles. The number of aliphatic hydroxyl groups is 1. The van der Waals surface area contributed by atoms with Crippen molar-refractivity contribution >= 4 is 11.6 Å². The number of hydrogen-bond acceptors (Lipinski definition) is 5. The molecule has 6 heteroatoms. The molecule has 0 aliphatic carbocycles. The maximum absolute atomic E-state index is 14.1. The van der Waals surface area contributed by atoms with Gasteiger partial charge in [-0.1, -0.05) is 32.0 Å². The van der Waals surface area contributed by atoms with Crippen LogP contribution < -0.4 is 10.2 Å². The van der Waals surface area contributed by atoms with E-state index < -0.39 is 0 Å². The first-order valence-electron chi connectivity index (χ1n) is 9.20. The standard InChI is InChI=1S/C20H27FN4O/c1-20(2,16-8-3-4-9-17(16)21)13-22-18-11-19(24-14-23-18)25-10-6-5-7-15(25)12-26/h3-4,8-9,11,14-15,26H,5-7,10,12-13H2,1-2H3,(H,22,23,24). The van der Waals surface area contributed by atoms with E-state index in [4.69, 9.17) is 0 Å². The lowest BCUT2D eigenvalue weighted by molar-refractivity contribution is 0.239. The summed E-state index contributed by atoms with van der Waals surface area (Å²) < 4.78 is 14.1. The zero-order valence-electron chi connectivity index (χ0n) is 15.5. The Balaban J connectivity index is 1.72. The van der Waals surface area contributed by atoms with Crippen LogP contribution >= 0.6 is 0 Å². The van der Waals surface area contributed by atoms with E-state index >= 15 is 0 Å². The highest BCUT2D eigenvalue weighted by atomic mass is 19.1. The SMILES string of the molecule is CC(C)(CNc1cc(N2CCCCC2CO)ncn1)c1ccccc1F. The van der Waals surface area contributed by atoms with Gasteiger partial charge in [0, 0.05) is 24.6 Å². The largest absolute Gasteiger partial charge is 0.394 e. The average Bonchev–Trinajstić information content (AvgIpc) is 2.67. The molecule has 1 fully saturated rings. The minimum Gasteiger partial charge on any atom is -0.394 e. The Morgan fingerprint density at radius 3 is 2.85 bits per heavy atom.